The minimum Gasteiger partial charge on any atom is -0.468 e. The van der Waals surface area contributed by atoms with Gasteiger partial charge in [-0.05, 0) is 19.8 Å². The Labute approximate surface area is 95.8 Å². The summed E-state index contributed by atoms with van der Waals surface area (Å²) in [7, 11) is -1.89. The first-order valence-electron chi connectivity index (χ1n) is 5.21. The molecule has 1 rings (SSSR count). The molecule has 94 valence electrons. The Morgan fingerprint density at radius 3 is 2.31 bits per heavy atom. The highest BCUT2D eigenvalue weighted by atomic mass is 32.2. The van der Waals surface area contributed by atoms with Gasteiger partial charge in [0.2, 0.25) is 10.0 Å². The zero-order valence-electron chi connectivity index (χ0n) is 9.60. The summed E-state index contributed by atoms with van der Waals surface area (Å²) in [6, 6.07) is 0. The predicted molar refractivity (Wildman–Crippen MR) is 59.2 cm³/mol. The lowest BCUT2D eigenvalue weighted by Crippen LogP contribution is -2.57. The molecule has 6 nitrogen and oxygen atoms in total. The number of rotatable bonds is 3. The van der Waals surface area contributed by atoms with Crippen molar-refractivity contribution in [1.82, 2.24) is 4.31 Å². The second-order valence-electron chi connectivity index (χ2n) is 3.95. The van der Waals surface area contributed by atoms with Crippen molar-refractivity contribution in [2.24, 2.45) is 5.73 Å². The van der Waals surface area contributed by atoms with Gasteiger partial charge < -0.3 is 10.5 Å². The first-order valence-corrected chi connectivity index (χ1v) is 6.82. The van der Waals surface area contributed by atoms with E-state index in [0.717, 1.165) is 0 Å². The summed E-state index contributed by atoms with van der Waals surface area (Å²) in [6.07, 6.45) is 0.609. The van der Waals surface area contributed by atoms with Crippen LogP contribution >= 0.6 is 0 Å². The van der Waals surface area contributed by atoms with Crippen molar-refractivity contribution >= 4 is 16.0 Å². The third kappa shape index (κ3) is 2.53. The maximum absolute atomic E-state index is 11.6. The molecule has 0 aliphatic carbocycles. The number of methoxy groups -OCH3 is 1. The van der Waals surface area contributed by atoms with Gasteiger partial charge in [0.1, 0.15) is 5.54 Å². The van der Waals surface area contributed by atoms with E-state index in [4.69, 9.17) is 5.73 Å². The Bertz CT molecular complexity index is 358. The number of esters is 1. The van der Waals surface area contributed by atoms with Gasteiger partial charge in [0.25, 0.3) is 0 Å². The number of piperidine rings is 1. The fourth-order valence-electron chi connectivity index (χ4n) is 1.75. The van der Waals surface area contributed by atoms with Crippen LogP contribution in [-0.2, 0) is 19.6 Å². The lowest BCUT2D eigenvalue weighted by molar-refractivity contribution is -0.148. The van der Waals surface area contributed by atoms with E-state index in [0.29, 0.717) is 12.8 Å². The maximum Gasteiger partial charge on any atom is 0.325 e. The van der Waals surface area contributed by atoms with Gasteiger partial charge in [-0.25, -0.2) is 12.7 Å². The van der Waals surface area contributed by atoms with Gasteiger partial charge >= 0.3 is 5.97 Å². The fraction of sp³-hybridized carbons (Fsp3) is 0.889. The normalized spacial score (nSPS) is 21.7. The van der Waals surface area contributed by atoms with Gasteiger partial charge in [0, 0.05) is 13.1 Å². The minimum atomic E-state index is -3.18. The van der Waals surface area contributed by atoms with Crippen molar-refractivity contribution in [1.29, 1.82) is 0 Å². The van der Waals surface area contributed by atoms with Crippen molar-refractivity contribution in [3.8, 4) is 0 Å². The van der Waals surface area contributed by atoms with E-state index >= 15 is 0 Å². The fourth-order valence-corrected chi connectivity index (χ4v) is 2.86. The third-order valence-electron chi connectivity index (χ3n) is 2.96. The second kappa shape index (κ2) is 4.68. The van der Waals surface area contributed by atoms with Crippen molar-refractivity contribution in [3.63, 3.8) is 0 Å². The number of nitrogens with zero attached hydrogens (tertiary/aromatic N) is 1. The van der Waals surface area contributed by atoms with E-state index < -0.39 is 21.5 Å². The molecule has 0 bridgehead atoms. The molecule has 7 heteroatoms. The van der Waals surface area contributed by atoms with Gasteiger partial charge in [0.15, 0.2) is 0 Å². The molecule has 0 atom stereocenters. The van der Waals surface area contributed by atoms with Gasteiger partial charge in [-0.3, -0.25) is 4.79 Å². The molecular formula is C9H18N2O4S. The van der Waals surface area contributed by atoms with Crippen molar-refractivity contribution < 1.29 is 17.9 Å². The van der Waals surface area contributed by atoms with Crippen LogP contribution in [0.25, 0.3) is 0 Å². The summed E-state index contributed by atoms with van der Waals surface area (Å²) >= 11 is 0. The van der Waals surface area contributed by atoms with E-state index in [1.807, 2.05) is 0 Å². The zero-order valence-corrected chi connectivity index (χ0v) is 10.4. The summed E-state index contributed by atoms with van der Waals surface area (Å²) in [5.41, 5.74) is 4.83. The van der Waals surface area contributed by atoms with Crippen LogP contribution in [0, 0.1) is 0 Å². The lowest BCUT2D eigenvalue weighted by atomic mass is 9.90. The van der Waals surface area contributed by atoms with E-state index in [2.05, 4.69) is 4.74 Å². The Kier molecular flexibility index (Phi) is 3.92. The molecule has 0 amide bonds. The van der Waals surface area contributed by atoms with Crippen LogP contribution in [-0.4, -0.2) is 50.2 Å². The Morgan fingerprint density at radius 1 is 1.44 bits per heavy atom. The molecule has 0 spiro atoms. The van der Waals surface area contributed by atoms with Crippen LogP contribution in [0.2, 0.25) is 0 Å². The molecule has 1 heterocycles. The smallest absolute Gasteiger partial charge is 0.325 e. The monoisotopic (exact) mass is 250 g/mol. The summed E-state index contributed by atoms with van der Waals surface area (Å²) in [5.74, 6) is -0.399. The van der Waals surface area contributed by atoms with Crippen LogP contribution < -0.4 is 5.73 Å². The summed E-state index contributed by atoms with van der Waals surface area (Å²) in [6.45, 7) is 2.16. The predicted octanol–water partition coefficient (Wildman–Crippen LogP) is -0.698. The SMILES string of the molecule is CCS(=O)(=O)N1CCC(N)(C(=O)OC)CC1. The Morgan fingerprint density at radius 2 is 1.94 bits per heavy atom. The molecule has 2 N–H and O–H groups in total. The molecule has 0 aromatic rings. The number of sulfonamides is 1. The van der Waals surface area contributed by atoms with Crippen LogP contribution in [0.1, 0.15) is 19.8 Å². The largest absolute Gasteiger partial charge is 0.468 e. The molecule has 0 radical (unpaired) electrons. The highest BCUT2D eigenvalue weighted by Crippen LogP contribution is 2.22. The average molecular weight is 250 g/mol. The quantitative estimate of drug-likeness (QED) is 0.669. The van der Waals surface area contributed by atoms with E-state index in [9.17, 15) is 13.2 Å². The number of hydrogen-bond acceptors (Lipinski definition) is 5. The van der Waals surface area contributed by atoms with E-state index in [1.165, 1.54) is 11.4 Å². The van der Waals surface area contributed by atoms with Crippen LogP contribution in [0.4, 0.5) is 0 Å². The standard InChI is InChI=1S/C9H18N2O4S/c1-3-16(13,14)11-6-4-9(10,5-7-11)8(12)15-2/h3-7,10H2,1-2H3. The summed E-state index contributed by atoms with van der Waals surface area (Å²) < 4.78 is 29.1. The third-order valence-corrected chi connectivity index (χ3v) is 4.85. The highest BCUT2D eigenvalue weighted by Gasteiger charge is 2.40. The zero-order chi connectivity index (χ0) is 12.4. The lowest BCUT2D eigenvalue weighted by Gasteiger charge is -2.36. The number of hydrogen-bond donors (Lipinski definition) is 1. The molecule has 1 aliphatic rings. The van der Waals surface area contributed by atoms with Crippen molar-refractivity contribution in [3.05, 3.63) is 0 Å². The topological polar surface area (TPSA) is 89.7 Å². The molecule has 1 saturated heterocycles. The van der Waals surface area contributed by atoms with E-state index in [-0.39, 0.29) is 18.8 Å². The first-order chi connectivity index (χ1) is 7.35. The number of ether oxygens (including phenoxy) is 1. The van der Waals surface area contributed by atoms with Gasteiger partial charge in [-0.2, -0.15) is 0 Å². The molecule has 16 heavy (non-hydrogen) atoms. The number of carbonyl (C=O) groups excluding carboxylic acids is 1. The maximum atomic E-state index is 11.6. The summed E-state index contributed by atoms with van der Waals surface area (Å²) in [5, 5.41) is 0. The van der Waals surface area contributed by atoms with Gasteiger partial charge in [0.05, 0.1) is 12.9 Å². The second-order valence-corrected chi connectivity index (χ2v) is 6.20. The van der Waals surface area contributed by atoms with Crippen molar-refractivity contribution in [2.75, 3.05) is 26.0 Å². The first kappa shape index (κ1) is 13.4. The molecular weight excluding hydrogens is 232 g/mol. The number of nitrogens with two attached hydrogens (primary N) is 1. The summed E-state index contributed by atoms with van der Waals surface area (Å²) in [4.78, 5) is 11.4. The average Bonchev–Trinajstić information content (AvgIpc) is 2.28. The van der Waals surface area contributed by atoms with Crippen LogP contribution in [0.5, 0.6) is 0 Å². The van der Waals surface area contributed by atoms with Gasteiger partial charge in [-0.15, -0.1) is 0 Å². The van der Waals surface area contributed by atoms with Crippen molar-refractivity contribution in [2.45, 2.75) is 25.3 Å². The molecule has 0 aromatic carbocycles. The van der Waals surface area contributed by atoms with E-state index in [1.54, 1.807) is 6.92 Å². The molecule has 0 saturated carbocycles. The number of carbonyl (C=O) groups is 1. The van der Waals surface area contributed by atoms with Gasteiger partial charge in [-0.1, -0.05) is 0 Å². The minimum absolute atomic E-state index is 0.0722. The molecule has 1 aliphatic heterocycles. The Hall–Kier alpha value is -0.660. The molecule has 0 unspecified atom stereocenters. The molecule has 1 fully saturated rings. The highest BCUT2D eigenvalue weighted by molar-refractivity contribution is 7.89. The molecule has 0 aromatic heterocycles. The van der Waals surface area contributed by atoms with Crippen LogP contribution in [0.15, 0.2) is 0 Å². The Balaban J connectivity index is 2.68. The van der Waals surface area contributed by atoms with Crippen LogP contribution in [0.3, 0.4) is 0 Å².